The second-order valence-electron chi connectivity index (χ2n) is 5.76. The average molecular weight is 353 g/mol. The van der Waals surface area contributed by atoms with E-state index in [1.807, 2.05) is 0 Å². The highest BCUT2D eigenvalue weighted by atomic mass is 19.4. The molecule has 1 atom stereocenters. The van der Waals surface area contributed by atoms with Crippen LogP contribution in [0, 0.1) is 5.92 Å². The van der Waals surface area contributed by atoms with Crippen LogP contribution in [0.4, 0.5) is 22.0 Å². The van der Waals surface area contributed by atoms with Gasteiger partial charge in [0.2, 0.25) is 17.7 Å². The molecule has 0 aromatic carbocycles. The second kappa shape index (κ2) is 6.86. The van der Waals surface area contributed by atoms with E-state index < -0.39 is 24.1 Å². The molecule has 0 bridgehead atoms. The van der Waals surface area contributed by atoms with Gasteiger partial charge in [0.25, 0.3) is 0 Å². The summed E-state index contributed by atoms with van der Waals surface area (Å²) in [7, 11) is 0. The highest BCUT2D eigenvalue weighted by Gasteiger charge is 2.45. The van der Waals surface area contributed by atoms with Crippen LogP contribution in [0.25, 0.3) is 0 Å². The lowest BCUT2D eigenvalue weighted by molar-refractivity contribution is -0.190. The Morgan fingerprint density at radius 1 is 1.42 bits per heavy atom. The van der Waals surface area contributed by atoms with Crippen molar-refractivity contribution in [2.75, 3.05) is 0 Å². The van der Waals surface area contributed by atoms with E-state index in [-0.39, 0.29) is 43.3 Å². The first-order chi connectivity index (χ1) is 11.0. The first kappa shape index (κ1) is 18.3. The Hall–Kier alpha value is -2.00. The normalized spacial score (nSPS) is 18.6. The van der Waals surface area contributed by atoms with Crippen LogP contribution in [0.15, 0.2) is 12.4 Å². The second-order valence-corrected chi connectivity index (χ2v) is 5.76. The lowest BCUT2D eigenvalue weighted by atomic mass is 9.79. The quantitative estimate of drug-likeness (QED) is 0.799. The van der Waals surface area contributed by atoms with E-state index in [1.165, 1.54) is 6.07 Å². The zero-order valence-electron chi connectivity index (χ0n) is 12.7. The Morgan fingerprint density at radius 3 is 2.67 bits per heavy atom. The highest BCUT2D eigenvalue weighted by Crippen LogP contribution is 2.43. The van der Waals surface area contributed by atoms with Crippen LogP contribution in [-0.4, -0.2) is 34.1 Å². The van der Waals surface area contributed by atoms with Crippen LogP contribution in [0.2, 0.25) is 0 Å². The Labute approximate surface area is 134 Å². The van der Waals surface area contributed by atoms with E-state index in [4.69, 9.17) is 0 Å². The fourth-order valence-electron chi connectivity index (χ4n) is 2.24. The monoisotopic (exact) mass is 353 g/mol. The molecule has 134 valence electrons. The third-order valence-corrected chi connectivity index (χ3v) is 3.57. The number of hydrogen-bond donors (Lipinski definition) is 1. The molecule has 0 radical (unpaired) electrons. The van der Waals surface area contributed by atoms with Crippen molar-refractivity contribution in [3.05, 3.63) is 18.1 Å². The number of amides is 1. The Bertz CT molecular complexity index is 586. The summed E-state index contributed by atoms with van der Waals surface area (Å²) in [5.41, 5.74) is 0.252. The molecular formula is C14H16F5N3O2. The van der Waals surface area contributed by atoms with Crippen LogP contribution < -0.4 is 10.1 Å². The zero-order valence-corrected chi connectivity index (χ0v) is 12.7. The predicted molar refractivity (Wildman–Crippen MR) is 72.3 cm³/mol. The number of ether oxygens (including phenoxy) is 1. The summed E-state index contributed by atoms with van der Waals surface area (Å²) in [6.07, 6.45) is -6.16. The van der Waals surface area contributed by atoms with Gasteiger partial charge in [0.15, 0.2) is 6.10 Å². The van der Waals surface area contributed by atoms with E-state index in [0.717, 1.165) is 13.3 Å². The van der Waals surface area contributed by atoms with Gasteiger partial charge in [0, 0.05) is 25.3 Å². The first-order valence-corrected chi connectivity index (χ1v) is 7.24. The maximum absolute atomic E-state index is 12.7. The van der Waals surface area contributed by atoms with E-state index in [9.17, 15) is 26.7 Å². The molecule has 1 aliphatic carbocycles. The maximum Gasteiger partial charge on any atom is 0.425 e. The van der Waals surface area contributed by atoms with Gasteiger partial charge in [0.1, 0.15) is 6.33 Å². The number of hydrogen-bond acceptors (Lipinski definition) is 4. The van der Waals surface area contributed by atoms with E-state index in [0.29, 0.717) is 0 Å². The number of nitrogens with one attached hydrogen (secondary N) is 1. The molecule has 1 fully saturated rings. The van der Waals surface area contributed by atoms with Crippen molar-refractivity contribution in [2.24, 2.45) is 5.92 Å². The fourth-order valence-corrected chi connectivity index (χ4v) is 2.24. The predicted octanol–water partition coefficient (Wildman–Crippen LogP) is 2.86. The van der Waals surface area contributed by atoms with Gasteiger partial charge in [-0.25, -0.2) is 18.7 Å². The molecule has 1 aliphatic rings. The Morgan fingerprint density at radius 2 is 2.08 bits per heavy atom. The van der Waals surface area contributed by atoms with Gasteiger partial charge in [-0.3, -0.25) is 4.79 Å². The maximum atomic E-state index is 12.7. The third kappa shape index (κ3) is 5.27. The summed E-state index contributed by atoms with van der Waals surface area (Å²) < 4.78 is 67.3. The molecule has 5 nitrogen and oxygen atoms in total. The molecule has 1 aromatic heterocycles. The Kier molecular flexibility index (Phi) is 5.24. The minimum Gasteiger partial charge on any atom is -0.465 e. The number of nitrogens with zero attached hydrogens (tertiary/aromatic N) is 2. The number of alkyl halides is 5. The minimum absolute atomic E-state index is 0.0187. The smallest absolute Gasteiger partial charge is 0.425 e. The lowest BCUT2D eigenvalue weighted by Crippen LogP contribution is -2.38. The molecule has 24 heavy (non-hydrogen) atoms. The topological polar surface area (TPSA) is 64.1 Å². The number of carbonyl (C=O) groups excluding carboxylic acids is 1. The van der Waals surface area contributed by atoms with Crippen LogP contribution in [-0.2, 0) is 11.3 Å². The lowest BCUT2D eigenvalue weighted by Gasteiger charge is -2.34. The van der Waals surface area contributed by atoms with E-state index in [1.54, 1.807) is 0 Å². The van der Waals surface area contributed by atoms with Crippen molar-refractivity contribution < 1.29 is 31.5 Å². The third-order valence-electron chi connectivity index (χ3n) is 3.57. The average Bonchev–Trinajstić information content (AvgIpc) is 2.42. The highest BCUT2D eigenvalue weighted by molar-refractivity contribution is 5.76. The molecule has 1 heterocycles. The number of halogens is 5. The Balaban J connectivity index is 1.80. The number of rotatable bonds is 6. The van der Waals surface area contributed by atoms with Crippen molar-refractivity contribution in [1.82, 2.24) is 15.3 Å². The van der Waals surface area contributed by atoms with Crippen molar-refractivity contribution in [3.63, 3.8) is 0 Å². The molecule has 0 spiro atoms. The largest absolute Gasteiger partial charge is 0.465 e. The summed E-state index contributed by atoms with van der Waals surface area (Å²) in [5, 5.41) is 2.48. The summed E-state index contributed by atoms with van der Waals surface area (Å²) >= 11 is 0. The molecular weight excluding hydrogens is 337 g/mol. The molecule has 0 aliphatic heterocycles. The van der Waals surface area contributed by atoms with Gasteiger partial charge < -0.3 is 10.1 Å². The van der Waals surface area contributed by atoms with Gasteiger partial charge >= 0.3 is 6.18 Å². The van der Waals surface area contributed by atoms with Gasteiger partial charge in [0.05, 0.1) is 12.2 Å². The molecule has 1 N–H and O–H groups in total. The van der Waals surface area contributed by atoms with Crippen molar-refractivity contribution in [2.45, 2.75) is 50.9 Å². The molecule has 2 rings (SSSR count). The SMILES string of the molecule is CC(Oc1cc(CNC(=O)CC2CC(F)(F)C2)ncn1)C(F)(F)F. The van der Waals surface area contributed by atoms with Crippen LogP contribution in [0.3, 0.4) is 0 Å². The van der Waals surface area contributed by atoms with Gasteiger partial charge in [-0.15, -0.1) is 0 Å². The van der Waals surface area contributed by atoms with Crippen molar-refractivity contribution in [3.8, 4) is 5.88 Å². The van der Waals surface area contributed by atoms with E-state index >= 15 is 0 Å². The summed E-state index contributed by atoms with van der Waals surface area (Å²) in [5.74, 6) is -3.71. The van der Waals surface area contributed by atoms with E-state index in [2.05, 4.69) is 20.0 Å². The standard InChI is InChI=1S/C14H16F5N3O2/c1-8(14(17,18)19)24-12-3-10(21-7-22-12)6-20-11(23)2-9-4-13(15,16)5-9/h3,7-9H,2,4-6H2,1H3,(H,20,23). The minimum atomic E-state index is -4.52. The van der Waals surface area contributed by atoms with Crippen LogP contribution in [0.5, 0.6) is 5.88 Å². The number of carbonyl (C=O) groups is 1. The van der Waals surface area contributed by atoms with Crippen LogP contribution >= 0.6 is 0 Å². The molecule has 1 aromatic rings. The first-order valence-electron chi connectivity index (χ1n) is 7.24. The molecule has 10 heteroatoms. The van der Waals surface area contributed by atoms with Crippen molar-refractivity contribution in [1.29, 1.82) is 0 Å². The molecule has 0 saturated heterocycles. The van der Waals surface area contributed by atoms with Gasteiger partial charge in [-0.05, 0) is 12.8 Å². The molecule has 1 amide bonds. The summed E-state index contributed by atoms with van der Waals surface area (Å²) in [4.78, 5) is 19.0. The van der Waals surface area contributed by atoms with Crippen molar-refractivity contribution >= 4 is 5.91 Å². The van der Waals surface area contributed by atoms with Gasteiger partial charge in [-0.2, -0.15) is 13.2 Å². The zero-order chi connectivity index (χ0) is 18.0. The van der Waals surface area contributed by atoms with Gasteiger partial charge in [-0.1, -0.05) is 0 Å². The molecule has 1 saturated carbocycles. The number of aromatic nitrogens is 2. The summed E-state index contributed by atoms with van der Waals surface area (Å²) in [6, 6.07) is 1.18. The van der Waals surface area contributed by atoms with Crippen LogP contribution in [0.1, 0.15) is 31.9 Å². The summed E-state index contributed by atoms with van der Waals surface area (Å²) in [6.45, 7) is 0.791. The fraction of sp³-hybridized carbons (Fsp3) is 0.643. The molecule has 1 unspecified atom stereocenters.